The van der Waals surface area contributed by atoms with Gasteiger partial charge in [-0.2, -0.15) is 0 Å². The van der Waals surface area contributed by atoms with E-state index in [1.807, 2.05) is 38.1 Å². The molecule has 0 aliphatic heterocycles. The molecule has 1 aliphatic rings. The number of methoxy groups -OCH3 is 1. The van der Waals surface area contributed by atoms with Crippen LogP contribution in [-0.2, 0) is 26.2 Å². The van der Waals surface area contributed by atoms with Gasteiger partial charge in [-0.05, 0) is 68.1 Å². The fourth-order valence-electron chi connectivity index (χ4n) is 5.61. The molecule has 0 saturated heterocycles. The summed E-state index contributed by atoms with van der Waals surface area (Å²) >= 11 is 0. The average Bonchev–Trinajstić information content (AvgIpc) is 3.05. The van der Waals surface area contributed by atoms with Crippen molar-refractivity contribution in [1.82, 2.24) is 10.2 Å². The van der Waals surface area contributed by atoms with Crippen molar-refractivity contribution in [3.05, 3.63) is 84.4 Å². The maximum absolute atomic E-state index is 14.4. The maximum atomic E-state index is 14.4. The third-order valence-corrected chi connectivity index (χ3v) is 9.64. The lowest BCUT2D eigenvalue weighted by molar-refractivity contribution is -0.140. The van der Waals surface area contributed by atoms with Crippen LogP contribution in [0.1, 0.15) is 57.9 Å². The molecule has 1 fully saturated rings. The molecule has 1 saturated carbocycles. The molecule has 1 atom stereocenters. The average molecular weight is 622 g/mol. The highest BCUT2D eigenvalue weighted by Crippen LogP contribution is 2.33. The molecular weight excluding hydrogens is 578 g/mol. The first kappa shape index (κ1) is 32.9. The van der Waals surface area contributed by atoms with Crippen LogP contribution in [0.15, 0.2) is 83.8 Å². The van der Waals surface area contributed by atoms with Gasteiger partial charge in [0.05, 0.1) is 24.3 Å². The van der Waals surface area contributed by atoms with Gasteiger partial charge < -0.3 is 19.7 Å². The second kappa shape index (κ2) is 15.6. The van der Waals surface area contributed by atoms with E-state index in [0.717, 1.165) is 42.0 Å². The zero-order chi connectivity index (χ0) is 31.5. The lowest BCUT2D eigenvalue weighted by Crippen LogP contribution is -2.54. The Morgan fingerprint density at radius 3 is 2.32 bits per heavy atom. The molecular formula is C34H43N3O6S. The van der Waals surface area contributed by atoms with Crippen LogP contribution in [0.5, 0.6) is 11.5 Å². The quantitative estimate of drug-likeness (QED) is 0.253. The molecule has 4 rings (SSSR count). The Hall–Kier alpha value is -4.05. The molecule has 236 valence electrons. The number of ether oxygens (including phenoxy) is 2. The van der Waals surface area contributed by atoms with Crippen molar-refractivity contribution in [1.29, 1.82) is 0 Å². The van der Waals surface area contributed by atoms with E-state index in [1.54, 1.807) is 49.6 Å². The number of para-hydroxylation sites is 2. The van der Waals surface area contributed by atoms with Gasteiger partial charge in [-0.25, -0.2) is 8.42 Å². The van der Waals surface area contributed by atoms with Gasteiger partial charge in [0, 0.05) is 12.6 Å². The monoisotopic (exact) mass is 621 g/mol. The number of amides is 2. The van der Waals surface area contributed by atoms with Crippen LogP contribution >= 0.6 is 0 Å². The van der Waals surface area contributed by atoms with Crippen molar-refractivity contribution in [3.8, 4) is 11.5 Å². The molecule has 9 nitrogen and oxygen atoms in total. The minimum absolute atomic E-state index is 0.0422. The highest BCUT2D eigenvalue weighted by molar-refractivity contribution is 7.92. The van der Waals surface area contributed by atoms with Gasteiger partial charge in [0.25, 0.3) is 10.0 Å². The standard InChI is InChI=1S/C34H43N3O6S/c1-4-30(34(39)35-27-16-8-6-9-17-27)36(24-26-15-14-18-28(23-26)42-3)33(38)25-37(31-21-12-13-22-32(31)43-5-2)44(40,41)29-19-10-7-11-20-29/h7,10-15,18-23,27,30H,4-6,8-9,16-17,24-25H2,1-3H3,(H,35,39)/t30-/m0/s1. The molecule has 10 heteroatoms. The molecule has 1 aliphatic carbocycles. The normalized spacial score (nSPS) is 14.3. The highest BCUT2D eigenvalue weighted by Gasteiger charge is 2.35. The zero-order valence-electron chi connectivity index (χ0n) is 25.8. The van der Waals surface area contributed by atoms with Crippen molar-refractivity contribution < 1.29 is 27.5 Å². The number of carbonyl (C=O) groups is 2. The van der Waals surface area contributed by atoms with Crippen molar-refractivity contribution in [3.63, 3.8) is 0 Å². The van der Waals surface area contributed by atoms with Crippen molar-refractivity contribution in [2.45, 2.75) is 75.9 Å². The van der Waals surface area contributed by atoms with Crippen LogP contribution in [0.2, 0.25) is 0 Å². The number of nitrogens with one attached hydrogen (secondary N) is 1. The Labute approximate surface area is 261 Å². The summed E-state index contributed by atoms with van der Waals surface area (Å²) in [4.78, 5) is 29.7. The van der Waals surface area contributed by atoms with E-state index in [0.29, 0.717) is 24.5 Å². The number of sulfonamides is 1. The summed E-state index contributed by atoms with van der Waals surface area (Å²) in [5.74, 6) is 0.212. The Balaban J connectivity index is 1.74. The number of carbonyl (C=O) groups excluding carboxylic acids is 2. The minimum Gasteiger partial charge on any atom is -0.497 e. The Kier molecular flexibility index (Phi) is 11.7. The van der Waals surface area contributed by atoms with Crippen LogP contribution in [0.4, 0.5) is 5.69 Å². The lowest BCUT2D eigenvalue weighted by Gasteiger charge is -2.34. The minimum atomic E-state index is -4.20. The SMILES string of the molecule is CCOc1ccccc1N(CC(=O)N(Cc1cccc(OC)c1)[C@@H](CC)C(=O)NC1CCCCC1)S(=O)(=O)c1ccccc1. The van der Waals surface area contributed by atoms with Gasteiger partial charge in [-0.15, -0.1) is 0 Å². The molecule has 3 aromatic rings. The van der Waals surface area contributed by atoms with E-state index < -0.39 is 28.5 Å². The first-order valence-electron chi connectivity index (χ1n) is 15.3. The molecule has 0 heterocycles. The number of anilines is 1. The number of rotatable bonds is 14. The van der Waals surface area contributed by atoms with Gasteiger partial charge in [0.15, 0.2) is 0 Å². The number of hydrogen-bond acceptors (Lipinski definition) is 6. The van der Waals surface area contributed by atoms with Gasteiger partial charge in [-0.3, -0.25) is 13.9 Å². The third-order valence-electron chi connectivity index (χ3n) is 7.87. The van der Waals surface area contributed by atoms with Gasteiger partial charge >= 0.3 is 0 Å². The van der Waals surface area contributed by atoms with Crippen LogP contribution in [0, 0.1) is 0 Å². The van der Waals surface area contributed by atoms with Crippen LogP contribution in [0.3, 0.4) is 0 Å². The summed E-state index contributed by atoms with van der Waals surface area (Å²) in [6.45, 7) is 3.55. The van der Waals surface area contributed by atoms with Crippen LogP contribution in [-0.4, -0.2) is 57.5 Å². The molecule has 0 spiro atoms. The summed E-state index contributed by atoms with van der Waals surface area (Å²) in [6, 6.07) is 21.3. The van der Waals surface area contributed by atoms with E-state index >= 15 is 0 Å². The molecule has 0 radical (unpaired) electrons. The predicted octanol–water partition coefficient (Wildman–Crippen LogP) is 5.55. The second-order valence-corrected chi connectivity index (χ2v) is 12.7. The summed E-state index contributed by atoms with van der Waals surface area (Å²) in [5.41, 5.74) is 1.00. The highest BCUT2D eigenvalue weighted by atomic mass is 32.2. The molecule has 1 N–H and O–H groups in total. The number of hydrogen-bond donors (Lipinski definition) is 1. The zero-order valence-corrected chi connectivity index (χ0v) is 26.6. The largest absolute Gasteiger partial charge is 0.497 e. The van der Waals surface area contributed by atoms with Gasteiger partial charge in [0.1, 0.15) is 24.1 Å². The molecule has 0 bridgehead atoms. The molecule has 3 aromatic carbocycles. The van der Waals surface area contributed by atoms with E-state index in [-0.39, 0.29) is 29.1 Å². The van der Waals surface area contributed by atoms with Crippen LogP contribution < -0.4 is 19.1 Å². The van der Waals surface area contributed by atoms with Crippen molar-refractivity contribution in [2.24, 2.45) is 0 Å². The molecule has 2 amide bonds. The van der Waals surface area contributed by atoms with E-state index in [2.05, 4.69) is 5.32 Å². The summed E-state index contributed by atoms with van der Waals surface area (Å²) in [6.07, 6.45) is 5.43. The van der Waals surface area contributed by atoms with Crippen LogP contribution in [0.25, 0.3) is 0 Å². The van der Waals surface area contributed by atoms with E-state index in [1.165, 1.54) is 17.0 Å². The Bertz CT molecular complexity index is 1490. The Morgan fingerprint density at radius 1 is 0.932 bits per heavy atom. The first-order valence-corrected chi connectivity index (χ1v) is 16.7. The number of benzene rings is 3. The van der Waals surface area contributed by atoms with Gasteiger partial charge in [0.2, 0.25) is 11.8 Å². The summed E-state index contributed by atoms with van der Waals surface area (Å²) in [7, 11) is -2.63. The fourth-order valence-corrected chi connectivity index (χ4v) is 7.05. The fraction of sp³-hybridized carbons (Fsp3) is 0.412. The molecule has 0 aromatic heterocycles. The maximum Gasteiger partial charge on any atom is 0.264 e. The number of nitrogens with zero attached hydrogens (tertiary/aromatic N) is 2. The van der Waals surface area contributed by atoms with Crippen molar-refractivity contribution in [2.75, 3.05) is 24.6 Å². The lowest BCUT2D eigenvalue weighted by atomic mass is 9.95. The third kappa shape index (κ3) is 8.11. The first-order chi connectivity index (χ1) is 21.3. The Morgan fingerprint density at radius 2 is 1.64 bits per heavy atom. The second-order valence-electron chi connectivity index (χ2n) is 10.9. The smallest absolute Gasteiger partial charge is 0.264 e. The van der Waals surface area contributed by atoms with E-state index in [9.17, 15) is 18.0 Å². The summed E-state index contributed by atoms with van der Waals surface area (Å²) < 4.78 is 40.5. The van der Waals surface area contributed by atoms with E-state index in [4.69, 9.17) is 9.47 Å². The topological polar surface area (TPSA) is 105 Å². The predicted molar refractivity (Wildman–Crippen MR) is 171 cm³/mol. The van der Waals surface area contributed by atoms with Crippen molar-refractivity contribution >= 4 is 27.5 Å². The molecule has 44 heavy (non-hydrogen) atoms. The summed E-state index contributed by atoms with van der Waals surface area (Å²) in [5, 5.41) is 3.17. The van der Waals surface area contributed by atoms with Gasteiger partial charge in [-0.1, -0.05) is 68.7 Å². The molecule has 0 unspecified atom stereocenters.